The third-order valence-electron chi connectivity index (χ3n) is 5.64. The minimum absolute atomic E-state index is 0.0594. The second-order valence-electron chi connectivity index (χ2n) is 7.55. The van der Waals surface area contributed by atoms with Crippen LogP contribution in [0.2, 0.25) is 0 Å². The molecule has 0 aliphatic heterocycles. The van der Waals surface area contributed by atoms with Gasteiger partial charge in [-0.3, -0.25) is 4.79 Å². The number of esters is 1. The average molecular weight is 349 g/mol. The van der Waals surface area contributed by atoms with Gasteiger partial charge in [0.1, 0.15) is 0 Å². The lowest BCUT2D eigenvalue weighted by molar-refractivity contribution is -0.145. The van der Waals surface area contributed by atoms with Gasteiger partial charge in [0.15, 0.2) is 0 Å². The number of methoxy groups -OCH3 is 1. The van der Waals surface area contributed by atoms with Crippen LogP contribution in [0.25, 0.3) is 0 Å². The Balaban J connectivity index is 2.23. The quantitative estimate of drug-likeness (QED) is 0.206. The second-order valence-corrected chi connectivity index (χ2v) is 7.55. The topological polar surface area (TPSA) is 26.3 Å². The molecule has 0 aromatic heterocycles. The van der Waals surface area contributed by atoms with E-state index in [4.69, 9.17) is 4.74 Å². The minimum atomic E-state index is -0.0594. The fourth-order valence-corrected chi connectivity index (χ4v) is 3.91. The zero-order valence-corrected chi connectivity index (χ0v) is 16.8. The molecule has 2 heteroatoms. The number of ether oxygens (including phenoxy) is 1. The van der Waals surface area contributed by atoms with Crippen LogP contribution in [0, 0.1) is 17.8 Å². The van der Waals surface area contributed by atoms with Gasteiger partial charge in [-0.2, -0.15) is 0 Å². The molecular weight excluding hydrogens is 308 g/mol. The normalized spacial score (nSPS) is 22.0. The molecule has 2 nitrogen and oxygen atoms in total. The molecule has 3 atom stereocenters. The summed E-state index contributed by atoms with van der Waals surface area (Å²) in [4.78, 5) is 11.6. The Labute approximate surface area is 156 Å². The molecule has 0 N–H and O–H groups in total. The number of hydrogen-bond acceptors (Lipinski definition) is 2. The Bertz CT molecular complexity index is 397. The smallest absolute Gasteiger partial charge is 0.308 e. The first-order valence-electron chi connectivity index (χ1n) is 10.6. The van der Waals surface area contributed by atoms with Crippen LogP contribution in [-0.2, 0) is 9.53 Å². The van der Waals surface area contributed by atoms with Crippen LogP contribution in [0.3, 0.4) is 0 Å². The van der Waals surface area contributed by atoms with E-state index in [-0.39, 0.29) is 11.9 Å². The summed E-state index contributed by atoms with van der Waals surface area (Å²) >= 11 is 0. The van der Waals surface area contributed by atoms with Gasteiger partial charge in [-0.05, 0) is 63.2 Å². The van der Waals surface area contributed by atoms with Crippen molar-refractivity contribution < 1.29 is 9.53 Å². The van der Waals surface area contributed by atoms with Crippen molar-refractivity contribution in [3.05, 3.63) is 24.3 Å². The van der Waals surface area contributed by atoms with Gasteiger partial charge >= 0.3 is 5.97 Å². The lowest BCUT2D eigenvalue weighted by atomic mass is 9.91. The number of unbranched alkanes of at least 4 members (excludes halogenated alkanes) is 4. The van der Waals surface area contributed by atoms with Gasteiger partial charge in [0, 0.05) is 0 Å². The molecule has 1 fully saturated rings. The van der Waals surface area contributed by atoms with E-state index in [1.807, 2.05) is 0 Å². The Morgan fingerprint density at radius 3 is 2.64 bits per heavy atom. The number of rotatable bonds is 13. The van der Waals surface area contributed by atoms with Crippen LogP contribution in [0.4, 0.5) is 0 Å². The van der Waals surface area contributed by atoms with E-state index >= 15 is 0 Å². The van der Waals surface area contributed by atoms with Crippen LogP contribution >= 0.6 is 0 Å². The maximum absolute atomic E-state index is 11.6. The third kappa shape index (κ3) is 9.28. The van der Waals surface area contributed by atoms with Crippen molar-refractivity contribution in [3.63, 3.8) is 0 Å². The summed E-state index contributed by atoms with van der Waals surface area (Å²) in [5.41, 5.74) is 0. The molecule has 1 rings (SSSR count). The maximum atomic E-state index is 11.6. The Morgan fingerprint density at radius 2 is 1.92 bits per heavy atom. The van der Waals surface area contributed by atoms with Crippen molar-refractivity contribution in [3.8, 4) is 0 Å². The highest BCUT2D eigenvalue weighted by molar-refractivity contribution is 5.72. The fourth-order valence-electron chi connectivity index (χ4n) is 3.91. The van der Waals surface area contributed by atoms with Gasteiger partial charge in [0.25, 0.3) is 0 Å². The molecule has 0 heterocycles. The summed E-state index contributed by atoms with van der Waals surface area (Å²) in [7, 11) is 1.48. The highest BCUT2D eigenvalue weighted by Gasteiger charge is 2.23. The van der Waals surface area contributed by atoms with Gasteiger partial charge in [-0.1, -0.05) is 63.8 Å². The summed E-state index contributed by atoms with van der Waals surface area (Å²) in [6.07, 6.45) is 24.3. The minimum Gasteiger partial charge on any atom is -0.469 e. The van der Waals surface area contributed by atoms with Gasteiger partial charge in [-0.15, -0.1) is 0 Å². The molecule has 144 valence electrons. The van der Waals surface area contributed by atoms with Crippen LogP contribution < -0.4 is 0 Å². The van der Waals surface area contributed by atoms with Crippen molar-refractivity contribution in [2.24, 2.45) is 17.8 Å². The van der Waals surface area contributed by atoms with Gasteiger partial charge in [0.05, 0.1) is 13.0 Å². The van der Waals surface area contributed by atoms with Crippen molar-refractivity contribution in [1.82, 2.24) is 0 Å². The van der Waals surface area contributed by atoms with E-state index in [1.165, 1.54) is 64.9 Å². The summed E-state index contributed by atoms with van der Waals surface area (Å²) in [6, 6.07) is 0. The number of allylic oxidation sites excluding steroid dienone is 4. The third-order valence-corrected chi connectivity index (χ3v) is 5.64. The number of carbonyl (C=O) groups is 1. The molecule has 1 aliphatic rings. The van der Waals surface area contributed by atoms with Crippen molar-refractivity contribution >= 4 is 5.97 Å². The van der Waals surface area contributed by atoms with E-state index in [0.29, 0.717) is 0 Å². The maximum Gasteiger partial charge on any atom is 0.308 e. The molecule has 0 aromatic carbocycles. The van der Waals surface area contributed by atoms with Gasteiger partial charge < -0.3 is 4.74 Å². The molecule has 1 unspecified atom stereocenters. The van der Waals surface area contributed by atoms with Gasteiger partial charge in [0.2, 0.25) is 0 Å². The SMILES string of the molecule is CCCCCCC=C[C@H]1CCC[C@@H]1CC=CCCC(CC)C(=O)OC. The predicted octanol–water partition coefficient (Wildman–Crippen LogP) is 6.86. The summed E-state index contributed by atoms with van der Waals surface area (Å²) in [5.74, 6) is 1.61. The largest absolute Gasteiger partial charge is 0.469 e. The number of hydrogen-bond donors (Lipinski definition) is 0. The molecule has 1 saturated carbocycles. The highest BCUT2D eigenvalue weighted by Crippen LogP contribution is 2.35. The van der Waals surface area contributed by atoms with Crippen LogP contribution in [0.5, 0.6) is 0 Å². The van der Waals surface area contributed by atoms with E-state index in [9.17, 15) is 4.79 Å². The summed E-state index contributed by atoms with van der Waals surface area (Å²) < 4.78 is 4.85. The van der Waals surface area contributed by atoms with Crippen molar-refractivity contribution in [2.45, 2.75) is 90.9 Å². The lowest BCUT2D eigenvalue weighted by Crippen LogP contribution is -2.14. The first-order valence-corrected chi connectivity index (χ1v) is 10.6. The molecule has 25 heavy (non-hydrogen) atoms. The van der Waals surface area contributed by atoms with E-state index in [2.05, 4.69) is 38.2 Å². The van der Waals surface area contributed by atoms with Crippen molar-refractivity contribution in [1.29, 1.82) is 0 Å². The second kappa shape index (κ2) is 14.2. The lowest BCUT2D eigenvalue weighted by Gasteiger charge is -2.14. The molecular formula is C23H40O2. The molecule has 0 saturated heterocycles. The highest BCUT2D eigenvalue weighted by atomic mass is 16.5. The molecule has 0 aromatic rings. The molecule has 0 spiro atoms. The summed E-state index contributed by atoms with van der Waals surface area (Å²) in [5, 5.41) is 0. The van der Waals surface area contributed by atoms with E-state index in [1.54, 1.807) is 0 Å². The zero-order chi connectivity index (χ0) is 18.3. The Kier molecular flexibility index (Phi) is 12.5. The first kappa shape index (κ1) is 22.0. The van der Waals surface area contributed by atoms with E-state index in [0.717, 1.165) is 31.1 Å². The van der Waals surface area contributed by atoms with Crippen LogP contribution in [-0.4, -0.2) is 13.1 Å². The fraction of sp³-hybridized carbons (Fsp3) is 0.783. The molecule has 0 amide bonds. The first-order chi connectivity index (χ1) is 12.2. The van der Waals surface area contributed by atoms with Gasteiger partial charge in [-0.25, -0.2) is 0 Å². The van der Waals surface area contributed by atoms with Crippen LogP contribution in [0.15, 0.2) is 24.3 Å². The molecule has 1 aliphatic carbocycles. The number of carbonyl (C=O) groups excluding carboxylic acids is 1. The van der Waals surface area contributed by atoms with Crippen LogP contribution in [0.1, 0.15) is 90.9 Å². The average Bonchev–Trinajstić information content (AvgIpc) is 3.07. The predicted molar refractivity (Wildman–Crippen MR) is 108 cm³/mol. The Hall–Kier alpha value is -1.05. The molecule has 0 bridgehead atoms. The monoisotopic (exact) mass is 348 g/mol. The Morgan fingerprint density at radius 1 is 1.08 bits per heavy atom. The van der Waals surface area contributed by atoms with E-state index < -0.39 is 0 Å². The zero-order valence-electron chi connectivity index (χ0n) is 16.8. The summed E-state index contributed by atoms with van der Waals surface area (Å²) in [6.45, 7) is 4.33. The standard InChI is InChI=1S/C23H40O2/c1-4-6-7-8-9-11-16-21-18-14-19-22(21)17-13-10-12-15-20(5-2)23(24)25-3/h10-11,13,16,20-22H,4-9,12,14-15,17-19H2,1-3H3/t20?,21-,22-/m0/s1. The van der Waals surface area contributed by atoms with Crippen molar-refractivity contribution in [2.75, 3.05) is 7.11 Å². The molecule has 0 radical (unpaired) electrons.